The van der Waals surface area contributed by atoms with Crippen LogP contribution in [-0.4, -0.2) is 17.0 Å². The Morgan fingerprint density at radius 2 is 1.68 bits per heavy atom. The van der Waals surface area contributed by atoms with Gasteiger partial charge in [-0.05, 0) is 80.0 Å². The average Bonchev–Trinajstić information content (AvgIpc) is 2.70. The lowest BCUT2D eigenvalue weighted by atomic mass is 9.46. The fourth-order valence-electron chi connectivity index (χ4n) is 7.30. The molecule has 4 saturated carbocycles. The van der Waals surface area contributed by atoms with E-state index in [0.717, 1.165) is 37.5 Å². The largest absolute Gasteiger partial charge is 0.393 e. The summed E-state index contributed by atoms with van der Waals surface area (Å²) in [5.74, 6) is 3.11. The van der Waals surface area contributed by atoms with Crippen LogP contribution in [0.2, 0.25) is 0 Å². The van der Waals surface area contributed by atoms with E-state index in [1.165, 1.54) is 38.5 Å². The number of Topliss-reactive ketones (excluding diaryl/α,β-unsaturated/α-hetero) is 1. The van der Waals surface area contributed by atoms with Crippen molar-refractivity contribution in [3.05, 3.63) is 0 Å². The van der Waals surface area contributed by atoms with E-state index >= 15 is 0 Å². The molecule has 4 aliphatic carbocycles. The summed E-state index contributed by atoms with van der Waals surface area (Å²) >= 11 is 0. The summed E-state index contributed by atoms with van der Waals surface area (Å²) in [6.45, 7) is 4.80. The molecule has 0 radical (unpaired) electrons. The molecular weight excluding hydrogens is 272 g/mol. The van der Waals surface area contributed by atoms with E-state index in [1.807, 2.05) is 0 Å². The molecule has 124 valence electrons. The van der Waals surface area contributed by atoms with E-state index < -0.39 is 0 Å². The van der Waals surface area contributed by atoms with Crippen LogP contribution in [0.3, 0.4) is 0 Å². The first kappa shape index (κ1) is 15.2. The minimum absolute atomic E-state index is 0.0836. The summed E-state index contributed by atoms with van der Waals surface area (Å²) < 4.78 is 0. The quantitative estimate of drug-likeness (QED) is 0.722. The highest BCUT2D eigenvalue weighted by Crippen LogP contribution is 2.65. The Kier molecular flexibility index (Phi) is 3.49. The van der Waals surface area contributed by atoms with Crippen molar-refractivity contribution in [1.29, 1.82) is 0 Å². The molecule has 4 fully saturated rings. The topological polar surface area (TPSA) is 37.3 Å². The van der Waals surface area contributed by atoms with E-state index in [1.54, 1.807) is 0 Å². The van der Waals surface area contributed by atoms with Crippen LogP contribution in [0.4, 0.5) is 0 Å². The third-order valence-corrected chi connectivity index (χ3v) is 8.60. The van der Waals surface area contributed by atoms with Crippen LogP contribution in [0.5, 0.6) is 0 Å². The Bertz CT molecular complexity index is 472. The van der Waals surface area contributed by atoms with Gasteiger partial charge in [0.1, 0.15) is 5.78 Å². The molecule has 0 aromatic carbocycles. The van der Waals surface area contributed by atoms with Crippen LogP contribution < -0.4 is 0 Å². The predicted octanol–water partition coefficient (Wildman–Crippen LogP) is 4.35. The lowest BCUT2D eigenvalue weighted by molar-refractivity contribution is -0.142. The molecule has 7 atom stereocenters. The molecule has 22 heavy (non-hydrogen) atoms. The molecule has 2 nitrogen and oxygen atoms in total. The number of ketones is 1. The normalized spacial score (nSPS) is 55.0. The number of rotatable bonds is 0. The molecule has 0 bridgehead atoms. The molecule has 0 heterocycles. The Labute approximate surface area is 135 Å². The van der Waals surface area contributed by atoms with Crippen molar-refractivity contribution >= 4 is 5.78 Å². The van der Waals surface area contributed by atoms with E-state index in [-0.39, 0.29) is 16.9 Å². The minimum atomic E-state index is -0.0836. The highest BCUT2D eigenvalue weighted by atomic mass is 16.3. The van der Waals surface area contributed by atoms with Crippen LogP contribution in [0.15, 0.2) is 0 Å². The maximum Gasteiger partial charge on any atom is 0.136 e. The number of aliphatic hydroxyl groups is 1. The van der Waals surface area contributed by atoms with Crippen LogP contribution in [-0.2, 0) is 4.79 Å². The second-order valence-electron chi connectivity index (χ2n) is 9.32. The molecular formula is C20H32O2. The first-order valence-corrected chi connectivity index (χ1v) is 9.67. The lowest BCUT2D eigenvalue weighted by Gasteiger charge is -2.58. The van der Waals surface area contributed by atoms with Gasteiger partial charge < -0.3 is 5.11 Å². The molecule has 0 aromatic heterocycles. The van der Waals surface area contributed by atoms with Gasteiger partial charge in [-0.1, -0.05) is 20.3 Å². The molecule has 0 amide bonds. The van der Waals surface area contributed by atoms with E-state index in [4.69, 9.17) is 0 Å². The molecule has 2 heteroatoms. The smallest absolute Gasteiger partial charge is 0.136 e. The second-order valence-corrected chi connectivity index (χ2v) is 9.32. The summed E-state index contributed by atoms with van der Waals surface area (Å²) in [6, 6.07) is 0. The maximum atomic E-state index is 12.6. The van der Waals surface area contributed by atoms with Crippen molar-refractivity contribution in [3.63, 3.8) is 0 Å². The molecule has 0 spiro atoms. The Hall–Kier alpha value is -0.370. The fourth-order valence-corrected chi connectivity index (χ4v) is 7.30. The van der Waals surface area contributed by atoms with Gasteiger partial charge in [-0.2, -0.15) is 0 Å². The Morgan fingerprint density at radius 1 is 0.909 bits per heavy atom. The molecule has 1 N–H and O–H groups in total. The minimum Gasteiger partial charge on any atom is -0.393 e. The fraction of sp³-hybridized carbons (Fsp3) is 0.950. The van der Waals surface area contributed by atoms with Crippen molar-refractivity contribution in [2.75, 3.05) is 0 Å². The molecule has 3 unspecified atom stereocenters. The Balaban J connectivity index is 1.67. The molecule has 4 aliphatic rings. The monoisotopic (exact) mass is 304 g/mol. The van der Waals surface area contributed by atoms with Crippen LogP contribution in [0, 0.1) is 34.5 Å². The third kappa shape index (κ3) is 1.92. The average molecular weight is 304 g/mol. The van der Waals surface area contributed by atoms with Gasteiger partial charge in [0.05, 0.1) is 6.10 Å². The zero-order valence-electron chi connectivity index (χ0n) is 14.3. The van der Waals surface area contributed by atoms with Gasteiger partial charge in [-0.15, -0.1) is 0 Å². The van der Waals surface area contributed by atoms with Gasteiger partial charge in [0.25, 0.3) is 0 Å². The second kappa shape index (κ2) is 5.06. The predicted molar refractivity (Wildman–Crippen MR) is 87.4 cm³/mol. The number of carbonyl (C=O) groups excluding carboxylic acids is 1. The molecule has 0 aliphatic heterocycles. The van der Waals surface area contributed by atoms with Gasteiger partial charge in [0, 0.05) is 12.3 Å². The van der Waals surface area contributed by atoms with Crippen molar-refractivity contribution < 1.29 is 9.90 Å². The number of aliphatic hydroxyl groups excluding tert-OH is 1. The molecule has 4 rings (SSSR count). The summed E-state index contributed by atoms with van der Waals surface area (Å²) in [5.41, 5.74) is 0.421. The van der Waals surface area contributed by atoms with Crippen LogP contribution in [0.1, 0.15) is 78.1 Å². The number of fused-ring (bicyclic) bond motifs is 5. The summed E-state index contributed by atoms with van der Waals surface area (Å²) in [6.07, 6.45) is 11.4. The lowest BCUT2D eigenvalue weighted by Crippen LogP contribution is -2.53. The zero-order valence-corrected chi connectivity index (χ0v) is 14.3. The molecule has 0 aromatic rings. The van der Waals surface area contributed by atoms with Crippen LogP contribution in [0.25, 0.3) is 0 Å². The van der Waals surface area contributed by atoms with Crippen molar-refractivity contribution in [2.45, 2.75) is 84.2 Å². The first-order valence-electron chi connectivity index (χ1n) is 9.67. The first-order chi connectivity index (χ1) is 10.5. The molecule has 0 saturated heterocycles. The summed E-state index contributed by atoms with van der Waals surface area (Å²) in [4.78, 5) is 12.6. The SMILES string of the molecule is C[C@]12CCCCC(=O)C1CC[C@@H]1C2CC[C@]2(C)C(O)CC[C@@H]12. The number of hydrogen-bond acceptors (Lipinski definition) is 2. The van der Waals surface area contributed by atoms with Gasteiger partial charge >= 0.3 is 0 Å². The van der Waals surface area contributed by atoms with Crippen molar-refractivity contribution in [3.8, 4) is 0 Å². The third-order valence-electron chi connectivity index (χ3n) is 8.60. The van der Waals surface area contributed by atoms with Crippen molar-refractivity contribution in [2.24, 2.45) is 34.5 Å². The zero-order chi connectivity index (χ0) is 15.5. The van der Waals surface area contributed by atoms with Crippen LogP contribution >= 0.6 is 0 Å². The van der Waals surface area contributed by atoms with E-state index in [0.29, 0.717) is 17.6 Å². The van der Waals surface area contributed by atoms with E-state index in [9.17, 15) is 9.90 Å². The van der Waals surface area contributed by atoms with Gasteiger partial charge in [-0.25, -0.2) is 0 Å². The maximum absolute atomic E-state index is 12.6. The number of carbonyl (C=O) groups is 1. The van der Waals surface area contributed by atoms with Gasteiger partial charge in [-0.3, -0.25) is 4.79 Å². The van der Waals surface area contributed by atoms with Gasteiger partial charge in [0.15, 0.2) is 0 Å². The highest BCUT2D eigenvalue weighted by molar-refractivity contribution is 5.82. The summed E-state index contributed by atoms with van der Waals surface area (Å²) in [5, 5.41) is 10.5. The van der Waals surface area contributed by atoms with Gasteiger partial charge in [0.2, 0.25) is 0 Å². The highest BCUT2D eigenvalue weighted by Gasteiger charge is 2.60. The standard InChI is InChI=1S/C20H32O2/c1-19-11-4-3-5-17(21)16(19)7-6-13-14-8-9-18(22)20(14,2)12-10-15(13)19/h13-16,18,22H,3-12H2,1-2H3/t13-,14-,15?,16?,18?,19+,20-/m0/s1. The Morgan fingerprint density at radius 3 is 2.50 bits per heavy atom. The van der Waals surface area contributed by atoms with Crippen molar-refractivity contribution in [1.82, 2.24) is 0 Å². The summed E-state index contributed by atoms with van der Waals surface area (Å²) in [7, 11) is 0. The number of hydrogen-bond donors (Lipinski definition) is 1. The van der Waals surface area contributed by atoms with E-state index in [2.05, 4.69) is 13.8 Å².